The molecular formula is C19H16BrNOS. The van der Waals surface area contributed by atoms with Crippen LogP contribution in [0.15, 0.2) is 58.0 Å². The molecule has 23 heavy (non-hydrogen) atoms. The van der Waals surface area contributed by atoms with Crippen LogP contribution in [0.4, 0.5) is 0 Å². The highest BCUT2D eigenvalue weighted by molar-refractivity contribution is 9.10. The van der Waals surface area contributed by atoms with E-state index in [0.717, 1.165) is 26.1 Å². The zero-order valence-electron chi connectivity index (χ0n) is 13.0. The van der Waals surface area contributed by atoms with Crippen LogP contribution >= 0.6 is 27.7 Å². The first-order chi connectivity index (χ1) is 11.0. The van der Waals surface area contributed by atoms with E-state index < -0.39 is 0 Å². The quantitative estimate of drug-likeness (QED) is 0.433. The van der Waals surface area contributed by atoms with Crippen molar-refractivity contribution in [3.63, 3.8) is 0 Å². The van der Waals surface area contributed by atoms with E-state index in [1.165, 1.54) is 22.7 Å². The number of rotatable bonds is 4. The summed E-state index contributed by atoms with van der Waals surface area (Å²) in [5, 5.41) is 2.07. The molecule has 0 fully saturated rings. The van der Waals surface area contributed by atoms with Gasteiger partial charge in [-0.2, -0.15) is 0 Å². The summed E-state index contributed by atoms with van der Waals surface area (Å²) < 4.78 is 0.976. The van der Waals surface area contributed by atoms with Gasteiger partial charge in [0.05, 0.1) is 16.3 Å². The van der Waals surface area contributed by atoms with Crippen LogP contribution in [-0.2, 0) is 0 Å². The average molecular weight is 386 g/mol. The molecule has 1 heterocycles. The van der Waals surface area contributed by atoms with E-state index in [4.69, 9.17) is 4.98 Å². The van der Waals surface area contributed by atoms with Crippen molar-refractivity contribution in [2.75, 3.05) is 5.75 Å². The standard InChI is InChI=1S/C19H16BrNOS/c1-12-4-3-5-16-13(2)10-18(21-19(12)16)23-11-17(22)14-6-8-15(20)9-7-14/h3-10H,11H2,1-2H3. The molecule has 0 aliphatic heterocycles. The summed E-state index contributed by atoms with van der Waals surface area (Å²) in [7, 11) is 0. The molecule has 0 aliphatic carbocycles. The number of benzene rings is 2. The second kappa shape index (κ2) is 6.85. The van der Waals surface area contributed by atoms with Crippen molar-refractivity contribution in [1.82, 2.24) is 4.98 Å². The molecule has 0 atom stereocenters. The van der Waals surface area contributed by atoms with Gasteiger partial charge in [0.1, 0.15) is 0 Å². The zero-order chi connectivity index (χ0) is 16.4. The first-order valence-electron chi connectivity index (χ1n) is 7.33. The van der Waals surface area contributed by atoms with Crippen LogP contribution < -0.4 is 0 Å². The number of Topliss-reactive ketones (excluding diaryl/α,β-unsaturated/α-hetero) is 1. The molecule has 0 radical (unpaired) electrons. The molecule has 116 valence electrons. The van der Waals surface area contributed by atoms with E-state index in [1.807, 2.05) is 24.3 Å². The molecule has 0 aliphatic rings. The first-order valence-corrected chi connectivity index (χ1v) is 9.11. The van der Waals surface area contributed by atoms with Crippen LogP contribution in [0.25, 0.3) is 10.9 Å². The predicted octanol–water partition coefficient (Wildman–Crippen LogP) is 5.59. The monoisotopic (exact) mass is 385 g/mol. The van der Waals surface area contributed by atoms with Crippen LogP contribution in [0.1, 0.15) is 21.5 Å². The summed E-state index contributed by atoms with van der Waals surface area (Å²) in [5.41, 5.74) is 4.10. The zero-order valence-corrected chi connectivity index (χ0v) is 15.4. The molecule has 1 aromatic heterocycles. The number of hydrogen-bond donors (Lipinski definition) is 0. The molecule has 3 rings (SSSR count). The maximum absolute atomic E-state index is 12.3. The largest absolute Gasteiger partial charge is 0.293 e. The normalized spacial score (nSPS) is 10.9. The smallest absolute Gasteiger partial charge is 0.173 e. The van der Waals surface area contributed by atoms with Crippen LogP contribution in [0.3, 0.4) is 0 Å². The van der Waals surface area contributed by atoms with Crippen molar-refractivity contribution in [2.45, 2.75) is 18.9 Å². The van der Waals surface area contributed by atoms with Crippen LogP contribution in [0.2, 0.25) is 0 Å². The number of carbonyl (C=O) groups excluding carboxylic acids is 1. The number of aryl methyl sites for hydroxylation is 2. The van der Waals surface area contributed by atoms with Gasteiger partial charge in [0.2, 0.25) is 0 Å². The number of para-hydroxylation sites is 1. The van der Waals surface area contributed by atoms with Crippen molar-refractivity contribution in [3.8, 4) is 0 Å². The Labute approximate surface area is 148 Å². The first kappa shape index (κ1) is 16.2. The molecule has 4 heteroatoms. The number of thioether (sulfide) groups is 1. The summed E-state index contributed by atoms with van der Waals surface area (Å²) >= 11 is 4.87. The Balaban J connectivity index is 1.80. The molecule has 0 saturated heterocycles. The number of aromatic nitrogens is 1. The SMILES string of the molecule is Cc1cc(SCC(=O)c2ccc(Br)cc2)nc2c(C)cccc12. The number of fused-ring (bicyclic) bond motifs is 1. The molecule has 0 N–H and O–H groups in total. The van der Waals surface area contributed by atoms with Crippen molar-refractivity contribution in [3.05, 3.63) is 69.7 Å². The number of pyridine rings is 1. The number of hydrogen-bond acceptors (Lipinski definition) is 3. The van der Waals surface area contributed by atoms with Crippen molar-refractivity contribution >= 4 is 44.4 Å². The maximum atomic E-state index is 12.3. The second-order valence-electron chi connectivity index (χ2n) is 5.47. The highest BCUT2D eigenvalue weighted by Crippen LogP contribution is 2.26. The highest BCUT2D eigenvalue weighted by atomic mass is 79.9. The van der Waals surface area contributed by atoms with Gasteiger partial charge in [-0.15, -0.1) is 0 Å². The van der Waals surface area contributed by atoms with Gasteiger partial charge in [-0.3, -0.25) is 4.79 Å². The minimum Gasteiger partial charge on any atom is -0.293 e. The minimum atomic E-state index is 0.117. The molecule has 2 aromatic carbocycles. The lowest BCUT2D eigenvalue weighted by Gasteiger charge is -2.08. The van der Waals surface area contributed by atoms with Crippen LogP contribution in [-0.4, -0.2) is 16.5 Å². The second-order valence-corrected chi connectivity index (χ2v) is 7.38. The Kier molecular flexibility index (Phi) is 4.83. The van der Waals surface area contributed by atoms with E-state index in [-0.39, 0.29) is 5.78 Å². The molecular weight excluding hydrogens is 370 g/mol. The van der Waals surface area contributed by atoms with Gasteiger partial charge < -0.3 is 0 Å². The lowest BCUT2D eigenvalue weighted by molar-refractivity contribution is 0.102. The Hall–Kier alpha value is -1.65. The number of halogens is 1. The third-order valence-electron chi connectivity index (χ3n) is 3.74. The lowest BCUT2D eigenvalue weighted by Crippen LogP contribution is -2.02. The van der Waals surface area contributed by atoms with Gasteiger partial charge >= 0.3 is 0 Å². The molecule has 0 spiro atoms. The predicted molar refractivity (Wildman–Crippen MR) is 100 cm³/mol. The number of carbonyl (C=O) groups is 1. The Morgan fingerprint density at radius 2 is 1.83 bits per heavy atom. The van der Waals surface area contributed by atoms with E-state index >= 15 is 0 Å². The van der Waals surface area contributed by atoms with Gasteiger partial charge in [-0.1, -0.05) is 58.0 Å². The topological polar surface area (TPSA) is 30.0 Å². The maximum Gasteiger partial charge on any atom is 0.173 e. The summed E-state index contributed by atoms with van der Waals surface area (Å²) in [4.78, 5) is 17.0. The van der Waals surface area contributed by atoms with Gasteiger partial charge in [-0.25, -0.2) is 4.98 Å². The summed E-state index contributed by atoms with van der Waals surface area (Å²) in [6, 6.07) is 15.7. The number of nitrogens with zero attached hydrogens (tertiary/aromatic N) is 1. The molecule has 0 bridgehead atoms. The molecule has 0 unspecified atom stereocenters. The van der Waals surface area contributed by atoms with E-state index in [9.17, 15) is 4.79 Å². The van der Waals surface area contributed by atoms with Gasteiger partial charge in [0, 0.05) is 15.4 Å². The van der Waals surface area contributed by atoms with Crippen molar-refractivity contribution in [2.24, 2.45) is 0 Å². The third-order valence-corrected chi connectivity index (χ3v) is 5.18. The molecule has 0 saturated carbocycles. The summed E-state index contributed by atoms with van der Waals surface area (Å²) in [6.45, 7) is 4.15. The molecule has 0 amide bonds. The van der Waals surface area contributed by atoms with Gasteiger partial charge in [0.15, 0.2) is 5.78 Å². The highest BCUT2D eigenvalue weighted by Gasteiger charge is 2.09. The Bertz CT molecular complexity index is 874. The Morgan fingerprint density at radius 3 is 2.57 bits per heavy atom. The van der Waals surface area contributed by atoms with E-state index in [0.29, 0.717) is 5.75 Å². The van der Waals surface area contributed by atoms with E-state index in [2.05, 4.69) is 54.0 Å². The minimum absolute atomic E-state index is 0.117. The third kappa shape index (κ3) is 3.65. The summed E-state index contributed by atoms with van der Waals surface area (Å²) in [6.07, 6.45) is 0. The fourth-order valence-corrected chi connectivity index (χ4v) is 3.59. The van der Waals surface area contributed by atoms with Crippen molar-refractivity contribution < 1.29 is 4.79 Å². The van der Waals surface area contributed by atoms with Gasteiger partial charge in [0.25, 0.3) is 0 Å². The molecule has 3 aromatic rings. The average Bonchev–Trinajstić information content (AvgIpc) is 2.54. The fourth-order valence-electron chi connectivity index (χ4n) is 2.46. The molecule has 2 nitrogen and oxygen atoms in total. The van der Waals surface area contributed by atoms with E-state index in [1.54, 1.807) is 0 Å². The summed E-state index contributed by atoms with van der Waals surface area (Å²) in [5.74, 6) is 0.512. The van der Waals surface area contributed by atoms with Crippen LogP contribution in [0.5, 0.6) is 0 Å². The van der Waals surface area contributed by atoms with Crippen molar-refractivity contribution in [1.29, 1.82) is 0 Å². The lowest BCUT2D eigenvalue weighted by atomic mass is 10.1. The Morgan fingerprint density at radius 1 is 1.09 bits per heavy atom. The number of ketones is 1. The van der Waals surface area contributed by atoms with Crippen LogP contribution in [0, 0.1) is 13.8 Å². The fraction of sp³-hybridized carbons (Fsp3) is 0.158. The van der Waals surface area contributed by atoms with Gasteiger partial charge in [-0.05, 0) is 43.2 Å².